The van der Waals surface area contributed by atoms with E-state index in [1.54, 1.807) is 12.1 Å². The number of urea groups is 1. The number of hydrogen-bond donors (Lipinski definition) is 3. The van der Waals surface area contributed by atoms with Gasteiger partial charge in [-0.25, -0.2) is 4.79 Å². The van der Waals surface area contributed by atoms with Crippen molar-refractivity contribution in [3.05, 3.63) is 35.9 Å². The van der Waals surface area contributed by atoms with Crippen molar-refractivity contribution < 1.29 is 14.7 Å². The van der Waals surface area contributed by atoms with E-state index in [0.29, 0.717) is 6.54 Å². The molecule has 1 rings (SSSR count). The van der Waals surface area contributed by atoms with Crippen LogP contribution in [0.5, 0.6) is 0 Å². The molecule has 1 atom stereocenters. The summed E-state index contributed by atoms with van der Waals surface area (Å²) in [5, 5.41) is 14.4. The van der Waals surface area contributed by atoms with E-state index >= 15 is 0 Å². The average Bonchev–Trinajstić information content (AvgIpc) is 2.35. The predicted octanol–water partition coefficient (Wildman–Crippen LogP) is 2.55. The van der Waals surface area contributed by atoms with E-state index in [-0.39, 0.29) is 17.9 Å². The number of carboxylic acids is 1. The molecule has 0 aromatic heterocycles. The fourth-order valence-corrected chi connectivity index (χ4v) is 1.67. The van der Waals surface area contributed by atoms with E-state index in [1.165, 1.54) is 0 Å². The van der Waals surface area contributed by atoms with E-state index in [4.69, 9.17) is 5.11 Å². The Bertz CT molecular complexity index is 452. The van der Waals surface area contributed by atoms with Crippen LogP contribution < -0.4 is 10.6 Å². The Hall–Kier alpha value is -2.04. The van der Waals surface area contributed by atoms with Crippen LogP contribution in [-0.4, -0.2) is 23.7 Å². The lowest BCUT2D eigenvalue weighted by Crippen LogP contribution is -2.42. The second-order valence-electron chi connectivity index (χ2n) is 5.95. The molecule has 5 heteroatoms. The molecule has 0 saturated heterocycles. The van der Waals surface area contributed by atoms with Gasteiger partial charge in [0, 0.05) is 6.54 Å². The van der Waals surface area contributed by atoms with Gasteiger partial charge in [0.15, 0.2) is 0 Å². The summed E-state index contributed by atoms with van der Waals surface area (Å²) in [5.41, 5.74) is 0.757. The maximum Gasteiger partial charge on any atom is 0.315 e. The molecule has 0 spiro atoms. The lowest BCUT2D eigenvalue weighted by atomic mass is 9.97. The van der Waals surface area contributed by atoms with Gasteiger partial charge in [-0.1, -0.05) is 51.1 Å². The van der Waals surface area contributed by atoms with Gasteiger partial charge < -0.3 is 15.7 Å². The Balaban J connectivity index is 2.66. The van der Waals surface area contributed by atoms with Crippen molar-refractivity contribution in [3.63, 3.8) is 0 Å². The summed E-state index contributed by atoms with van der Waals surface area (Å²) in [6, 6.07) is 8.21. The van der Waals surface area contributed by atoms with E-state index < -0.39 is 12.0 Å². The van der Waals surface area contributed by atoms with Crippen LogP contribution in [0.2, 0.25) is 0 Å². The first kappa shape index (κ1) is 16.0. The van der Waals surface area contributed by atoms with Crippen molar-refractivity contribution >= 4 is 12.0 Å². The molecule has 0 aliphatic rings. The summed E-state index contributed by atoms with van der Waals surface area (Å²) in [5.74, 6) is -0.949. The Morgan fingerprint density at radius 2 is 1.80 bits per heavy atom. The van der Waals surface area contributed by atoms with Gasteiger partial charge in [-0.2, -0.15) is 0 Å². The second kappa shape index (κ2) is 6.93. The molecular formula is C15H22N2O3. The highest BCUT2D eigenvalue weighted by atomic mass is 16.4. The van der Waals surface area contributed by atoms with Gasteiger partial charge in [0.2, 0.25) is 0 Å². The van der Waals surface area contributed by atoms with Gasteiger partial charge in [0.05, 0.1) is 12.5 Å². The summed E-state index contributed by atoms with van der Waals surface area (Å²) in [4.78, 5) is 22.7. The van der Waals surface area contributed by atoms with Gasteiger partial charge in [-0.05, 0) is 11.0 Å². The fourth-order valence-electron chi connectivity index (χ4n) is 1.67. The van der Waals surface area contributed by atoms with Crippen LogP contribution in [0.25, 0.3) is 0 Å². The number of carbonyl (C=O) groups excluding carboxylic acids is 1. The zero-order valence-electron chi connectivity index (χ0n) is 12.1. The van der Waals surface area contributed by atoms with Crippen LogP contribution in [0.15, 0.2) is 30.3 Å². The van der Waals surface area contributed by atoms with E-state index in [9.17, 15) is 9.59 Å². The standard InChI is InChI=1S/C15H22N2O3/c1-15(2,3)10-16-14(20)17-12(9-13(18)19)11-7-5-4-6-8-11/h4-8,12H,9-10H2,1-3H3,(H,18,19)(H2,16,17,20). The Morgan fingerprint density at radius 1 is 1.20 bits per heavy atom. The number of aliphatic carboxylic acids is 1. The van der Waals surface area contributed by atoms with Crippen LogP contribution in [0.4, 0.5) is 4.79 Å². The van der Waals surface area contributed by atoms with Gasteiger partial charge in [0.1, 0.15) is 0 Å². The van der Waals surface area contributed by atoms with Crippen LogP contribution in [0.1, 0.15) is 38.8 Å². The average molecular weight is 278 g/mol. The summed E-state index contributed by atoms with van der Waals surface area (Å²) >= 11 is 0. The third-order valence-corrected chi connectivity index (χ3v) is 2.67. The first-order valence-electron chi connectivity index (χ1n) is 6.59. The summed E-state index contributed by atoms with van der Waals surface area (Å²) in [7, 11) is 0. The maximum atomic E-state index is 11.8. The highest BCUT2D eigenvalue weighted by Crippen LogP contribution is 2.16. The second-order valence-corrected chi connectivity index (χ2v) is 5.95. The maximum absolute atomic E-state index is 11.8. The lowest BCUT2D eigenvalue weighted by molar-refractivity contribution is -0.137. The molecule has 110 valence electrons. The summed E-state index contributed by atoms with van der Waals surface area (Å²) in [6.07, 6.45) is -0.146. The Kier molecular flexibility index (Phi) is 5.55. The molecule has 1 aromatic rings. The molecule has 2 amide bonds. The topological polar surface area (TPSA) is 78.4 Å². The van der Waals surface area contributed by atoms with E-state index in [0.717, 1.165) is 5.56 Å². The molecule has 0 bridgehead atoms. The van der Waals surface area contributed by atoms with Gasteiger partial charge >= 0.3 is 12.0 Å². The molecule has 0 fully saturated rings. The smallest absolute Gasteiger partial charge is 0.315 e. The minimum Gasteiger partial charge on any atom is -0.481 e. The minimum atomic E-state index is -0.949. The normalized spacial score (nSPS) is 12.6. The monoisotopic (exact) mass is 278 g/mol. The zero-order valence-corrected chi connectivity index (χ0v) is 12.1. The molecule has 3 N–H and O–H groups in total. The highest BCUT2D eigenvalue weighted by Gasteiger charge is 2.19. The molecule has 0 radical (unpaired) electrons. The number of amides is 2. The molecule has 0 heterocycles. The van der Waals surface area contributed by atoms with Crippen molar-refractivity contribution in [3.8, 4) is 0 Å². The van der Waals surface area contributed by atoms with Crippen molar-refractivity contribution in [1.82, 2.24) is 10.6 Å². The molecule has 1 unspecified atom stereocenters. The lowest BCUT2D eigenvalue weighted by Gasteiger charge is -2.22. The number of rotatable bonds is 5. The molecular weight excluding hydrogens is 256 g/mol. The number of carbonyl (C=O) groups is 2. The molecule has 20 heavy (non-hydrogen) atoms. The quantitative estimate of drug-likeness (QED) is 0.774. The molecule has 0 saturated carbocycles. The number of hydrogen-bond acceptors (Lipinski definition) is 2. The summed E-state index contributed by atoms with van der Waals surface area (Å²) < 4.78 is 0. The number of nitrogens with one attached hydrogen (secondary N) is 2. The van der Waals surface area contributed by atoms with E-state index in [1.807, 2.05) is 39.0 Å². The van der Waals surface area contributed by atoms with Crippen LogP contribution in [0, 0.1) is 5.41 Å². The third kappa shape index (κ3) is 6.22. The Morgan fingerprint density at radius 3 is 2.30 bits per heavy atom. The van der Waals surface area contributed by atoms with Gasteiger partial charge in [-0.15, -0.1) is 0 Å². The predicted molar refractivity (Wildman–Crippen MR) is 77.4 cm³/mol. The van der Waals surface area contributed by atoms with Crippen LogP contribution in [-0.2, 0) is 4.79 Å². The third-order valence-electron chi connectivity index (χ3n) is 2.67. The molecule has 1 aromatic carbocycles. The summed E-state index contributed by atoms with van der Waals surface area (Å²) in [6.45, 7) is 6.56. The number of carboxylic acid groups (broad SMARTS) is 1. The first-order chi connectivity index (χ1) is 9.28. The molecule has 0 aliphatic heterocycles. The largest absolute Gasteiger partial charge is 0.481 e. The minimum absolute atomic E-state index is 0.0214. The highest BCUT2D eigenvalue weighted by molar-refractivity contribution is 5.76. The molecule has 5 nitrogen and oxygen atoms in total. The van der Waals surface area contributed by atoms with Crippen molar-refractivity contribution in [1.29, 1.82) is 0 Å². The fraction of sp³-hybridized carbons (Fsp3) is 0.467. The van der Waals surface area contributed by atoms with Crippen molar-refractivity contribution in [2.75, 3.05) is 6.54 Å². The zero-order chi connectivity index (χ0) is 15.2. The number of benzene rings is 1. The van der Waals surface area contributed by atoms with Gasteiger partial charge in [0.25, 0.3) is 0 Å². The first-order valence-corrected chi connectivity index (χ1v) is 6.59. The van der Waals surface area contributed by atoms with Crippen molar-refractivity contribution in [2.24, 2.45) is 5.41 Å². The van der Waals surface area contributed by atoms with Crippen molar-refractivity contribution in [2.45, 2.75) is 33.2 Å². The molecule has 0 aliphatic carbocycles. The van der Waals surface area contributed by atoms with Crippen LogP contribution in [0.3, 0.4) is 0 Å². The SMILES string of the molecule is CC(C)(C)CNC(=O)NC(CC(=O)O)c1ccccc1. The Labute approximate surface area is 119 Å². The van der Waals surface area contributed by atoms with Gasteiger partial charge in [-0.3, -0.25) is 4.79 Å². The van der Waals surface area contributed by atoms with Crippen LogP contribution >= 0.6 is 0 Å². The van der Waals surface area contributed by atoms with E-state index in [2.05, 4.69) is 10.6 Å².